The van der Waals surface area contributed by atoms with E-state index in [0.717, 1.165) is 11.1 Å². The first kappa shape index (κ1) is 14.7. The van der Waals surface area contributed by atoms with Gasteiger partial charge in [-0.05, 0) is 31.5 Å². The van der Waals surface area contributed by atoms with E-state index in [-0.39, 0.29) is 11.8 Å². The lowest BCUT2D eigenvalue weighted by atomic mass is 10.1. The van der Waals surface area contributed by atoms with Crippen molar-refractivity contribution in [3.63, 3.8) is 0 Å². The zero-order chi connectivity index (χ0) is 15.4. The Morgan fingerprint density at radius 2 is 1.67 bits per heavy atom. The maximum absolute atomic E-state index is 12.0. The highest BCUT2D eigenvalue weighted by Gasteiger charge is 2.15. The van der Waals surface area contributed by atoms with E-state index in [9.17, 15) is 14.9 Å². The number of benzene rings is 2. The molecular formula is C16H15NO4. The third kappa shape index (κ3) is 3.66. The molecule has 2 aromatic rings. The molecule has 0 spiro atoms. The number of hydrogen-bond acceptors (Lipinski definition) is 4. The SMILES string of the molecule is Cc1ccc(C(C)OC(=O)c2ccc([N+](=O)[O-])cc2)cc1. The standard InChI is InChI=1S/C16H15NO4/c1-11-3-5-13(6-4-11)12(2)21-16(18)14-7-9-15(10-8-14)17(19)20/h3-10,12H,1-2H3. The van der Waals surface area contributed by atoms with Gasteiger partial charge in [0.2, 0.25) is 0 Å². The summed E-state index contributed by atoms with van der Waals surface area (Å²) in [5.74, 6) is -0.502. The van der Waals surface area contributed by atoms with Crippen molar-refractivity contribution >= 4 is 11.7 Å². The number of hydrogen-bond donors (Lipinski definition) is 0. The van der Waals surface area contributed by atoms with Crippen molar-refractivity contribution in [3.05, 3.63) is 75.3 Å². The molecule has 0 aromatic heterocycles. The summed E-state index contributed by atoms with van der Waals surface area (Å²) in [5.41, 5.74) is 2.27. The van der Waals surface area contributed by atoms with Gasteiger partial charge >= 0.3 is 5.97 Å². The molecule has 0 aliphatic carbocycles. The molecule has 1 unspecified atom stereocenters. The van der Waals surface area contributed by atoms with Gasteiger partial charge in [0, 0.05) is 12.1 Å². The van der Waals surface area contributed by atoms with Crippen LogP contribution in [0.25, 0.3) is 0 Å². The molecule has 0 bridgehead atoms. The van der Waals surface area contributed by atoms with Gasteiger partial charge in [-0.1, -0.05) is 29.8 Å². The van der Waals surface area contributed by atoms with Gasteiger partial charge in [0.1, 0.15) is 6.10 Å². The van der Waals surface area contributed by atoms with Gasteiger partial charge in [0.15, 0.2) is 0 Å². The predicted octanol–water partition coefficient (Wildman–Crippen LogP) is 3.82. The predicted molar refractivity (Wildman–Crippen MR) is 78.1 cm³/mol. The Labute approximate surface area is 122 Å². The van der Waals surface area contributed by atoms with Crippen LogP contribution in [0.2, 0.25) is 0 Å². The molecule has 0 radical (unpaired) electrons. The van der Waals surface area contributed by atoms with Crippen LogP contribution in [0.15, 0.2) is 48.5 Å². The quantitative estimate of drug-likeness (QED) is 0.486. The highest BCUT2D eigenvalue weighted by atomic mass is 16.6. The number of nitro groups is 1. The molecule has 1 atom stereocenters. The minimum Gasteiger partial charge on any atom is -0.454 e. The lowest BCUT2D eigenvalue weighted by Crippen LogP contribution is -2.09. The second-order valence-electron chi connectivity index (χ2n) is 4.76. The van der Waals surface area contributed by atoms with E-state index in [1.54, 1.807) is 6.92 Å². The van der Waals surface area contributed by atoms with Crippen LogP contribution in [0.5, 0.6) is 0 Å². The van der Waals surface area contributed by atoms with Crippen LogP contribution in [-0.4, -0.2) is 10.9 Å². The van der Waals surface area contributed by atoms with Crippen LogP contribution < -0.4 is 0 Å². The lowest BCUT2D eigenvalue weighted by molar-refractivity contribution is -0.384. The summed E-state index contributed by atoms with van der Waals surface area (Å²) in [6.07, 6.45) is -0.381. The fraction of sp³-hybridized carbons (Fsp3) is 0.188. The summed E-state index contributed by atoms with van der Waals surface area (Å²) in [7, 11) is 0. The molecular weight excluding hydrogens is 270 g/mol. The first-order valence-corrected chi connectivity index (χ1v) is 6.49. The molecule has 5 heteroatoms. The van der Waals surface area contributed by atoms with Crippen molar-refractivity contribution in [2.75, 3.05) is 0 Å². The Bertz CT molecular complexity index is 647. The summed E-state index contributed by atoms with van der Waals surface area (Å²) in [5, 5.41) is 10.6. The van der Waals surface area contributed by atoms with Crippen LogP contribution in [0.1, 0.15) is 34.5 Å². The second kappa shape index (κ2) is 6.17. The molecule has 0 heterocycles. The zero-order valence-corrected chi connectivity index (χ0v) is 11.8. The van der Waals surface area contributed by atoms with E-state index in [4.69, 9.17) is 4.74 Å². The van der Waals surface area contributed by atoms with Crippen molar-refractivity contribution in [2.24, 2.45) is 0 Å². The van der Waals surface area contributed by atoms with Crippen LogP contribution in [0.3, 0.4) is 0 Å². The van der Waals surface area contributed by atoms with Crippen LogP contribution in [0.4, 0.5) is 5.69 Å². The van der Waals surface area contributed by atoms with Crippen LogP contribution >= 0.6 is 0 Å². The van der Waals surface area contributed by atoms with Gasteiger partial charge in [-0.3, -0.25) is 10.1 Å². The van der Waals surface area contributed by atoms with Gasteiger partial charge in [-0.15, -0.1) is 0 Å². The minimum absolute atomic E-state index is 0.0573. The van der Waals surface area contributed by atoms with Crippen molar-refractivity contribution in [1.29, 1.82) is 0 Å². The first-order chi connectivity index (χ1) is 9.97. The average Bonchev–Trinajstić information content (AvgIpc) is 2.47. The Morgan fingerprint density at radius 1 is 1.10 bits per heavy atom. The number of aryl methyl sites for hydroxylation is 1. The molecule has 2 rings (SSSR count). The largest absolute Gasteiger partial charge is 0.454 e. The van der Waals surface area contributed by atoms with Gasteiger partial charge < -0.3 is 4.74 Å². The van der Waals surface area contributed by atoms with Crippen LogP contribution in [0, 0.1) is 17.0 Å². The number of ether oxygens (including phenoxy) is 1. The molecule has 0 aliphatic heterocycles. The van der Waals surface area contributed by atoms with E-state index >= 15 is 0 Å². The van der Waals surface area contributed by atoms with Gasteiger partial charge in [-0.25, -0.2) is 4.79 Å². The van der Waals surface area contributed by atoms with Gasteiger partial charge in [0.05, 0.1) is 10.5 Å². The molecule has 0 fully saturated rings. The summed E-state index contributed by atoms with van der Waals surface area (Å²) in [6, 6.07) is 13.1. The van der Waals surface area contributed by atoms with Crippen molar-refractivity contribution in [1.82, 2.24) is 0 Å². The van der Waals surface area contributed by atoms with Crippen molar-refractivity contribution in [2.45, 2.75) is 20.0 Å². The average molecular weight is 285 g/mol. The van der Waals surface area contributed by atoms with Crippen molar-refractivity contribution in [3.8, 4) is 0 Å². The molecule has 0 N–H and O–H groups in total. The summed E-state index contributed by atoms with van der Waals surface area (Å²) >= 11 is 0. The smallest absolute Gasteiger partial charge is 0.338 e. The number of rotatable bonds is 4. The Morgan fingerprint density at radius 3 is 2.19 bits per heavy atom. The van der Waals surface area contributed by atoms with Crippen molar-refractivity contribution < 1.29 is 14.5 Å². The maximum atomic E-state index is 12.0. The molecule has 108 valence electrons. The van der Waals surface area contributed by atoms with Gasteiger partial charge in [-0.2, -0.15) is 0 Å². The third-order valence-electron chi connectivity index (χ3n) is 3.14. The normalized spacial score (nSPS) is 11.7. The molecule has 21 heavy (non-hydrogen) atoms. The highest BCUT2D eigenvalue weighted by molar-refractivity contribution is 5.89. The van der Waals surface area contributed by atoms with E-state index < -0.39 is 10.9 Å². The Hall–Kier alpha value is -2.69. The van der Waals surface area contributed by atoms with Crippen LogP contribution in [-0.2, 0) is 4.74 Å². The number of nitrogens with zero attached hydrogens (tertiary/aromatic N) is 1. The highest BCUT2D eigenvalue weighted by Crippen LogP contribution is 2.20. The van der Waals surface area contributed by atoms with Gasteiger partial charge in [0.25, 0.3) is 5.69 Å². The molecule has 0 saturated heterocycles. The lowest BCUT2D eigenvalue weighted by Gasteiger charge is -2.13. The number of nitro benzene ring substituents is 1. The number of non-ortho nitro benzene ring substituents is 1. The van der Waals surface area contributed by atoms with E-state index in [1.165, 1.54) is 24.3 Å². The second-order valence-corrected chi connectivity index (χ2v) is 4.76. The fourth-order valence-corrected chi connectivity index (χ4v) is 1.85. The van der Waals surface area contributed by atoms with E-state index in [2.05, 4.69) is 0 Å². The zero-order valence-electron chi connectivity index (χ0n) is 11.8. The molecule has 5 nitrogen and oxygen atoms in total. The van der Waals surface area contributed by atoms with E-state index in [1.807, 2.05) is 31.2 Å². The molecule has 0 aliphatic rings. The number of esters is 1. The topological polar surface area (TPSA) is 69.4 Å². The maximum Gasteiger partial charge on any atom is 0.338 e. The first-order valence-electron chi connectivity index (χ1n) is 6.49. The number of carbonyl (C=O) groups excluding carboxylic acids is 1. The minimum atomic E-state index is -0.510. The Balaban J connectivity index is 2.06. The monoisotopic (exact) mass is 285 g/mol. The fourth-order valence-electron chi connectivity index (χ4n) is 1.85. The summed E-state index contributed by atoms with van der Waals surface area (Å²) in [6.45, 7) is 3.77. The number of carbonyl (C=O) groups is 1. The van der Waals surface area contributed by atoms with E-state index in [0.29, 0.717) is 5.56 Å². The summed E-state index contributed by atoms with van der Waals surface area (Å²) in [4.78, 5) is 22.0. The summed E-state index contributed by atoms with van der Waals surface area (Å²) < 4.78 is 5.35. The third-order valence-corrected chi connectivity index (χ3v) is 3.14. The molecule has 2 aromatic carbocycles. The Kier molecular flexibility index (Phi) is 4.33. The molecule has 0 saturated carbocycles. The molecule has 0 amide bonds.